The van der Waals surface area contributed by atoms with Gasteiger partial charge in [-0.1, -0.05) is 6.92 Å². The first-order valence-electron chi connectivity index (χ1n) is 6.66. The summed E-state index contributed by atoms with van der Waals surface area (Å²) in [5.74, 6) is -1.47. The van der Waals surface area contributed by atoms with Crippen LogP contribution in [0, 0.1) is 5.41 Å². The van der Waals surface area contributed by atoms with Crippen molar-refractivity contribution in [2.45, 2.75) is 34.1 Å². The van der Waals surface area contributed by atoms with Crippen molar-refractivity contribution in [3.8, 4) is 0 Å². The van der Waals surface area contributed by atoms with Crippen LogP contribution in [0.15, 0.2) is 0 Å². The monoisotopic (exact) mass is 288 g/mol. The lowest BCUT2D eigenvalue weighted by Gasteiger charge is -2.25. The van der Waals surface area contributed by atoms with Crippen LogP contribution in [0.3, 0.4) is 0 Å². The molecule has 0 aromatic carbocycles. The maximum absolute atomic E-state index is 12.0. The lowest BCUT2D eigenvalue weighted by atomic mass is 9.94. The van der Waals surface area contributed by atoms with Gasteiger partial charge in [-0.05, 0) is 27.2 Å². The number of carbonyl (C=O) groups excluding carboxylic acids is 2. The third-order valence-electron chi connectivity index (χ3n) is 2.67. The van der Waals surface area contributed by atoms with Gasteiger partial charge in [0.1, 0.15) is 6.54 Å². The molecule has 0 rings (SSSR count). The molecule has 20 heavy (non-hydrogen) atoms. The van der Waals surface area contributed by atoms with E-state index in [1.54, 1.807) is 6.92 Å². The highest BCUT2D eigenvalue weighted by Gasteiger charge is 2.28. The van der Waals surface area contributed by atoms with Crippen LogP contribution >= 0.6 is 0 Å². The number of aliphatic carboxylic acids is 1. The highest BCUT2D eigenvalue weighted by atomic mass is 16.5. The molecule has 0 saturated heterocycles. The minimum Gasteiger partial charge on any atom is -0.481 e. The molecule has 0 spiro atoms. The Bertz CT molecular complexity index is 355. The van der Waals surface area contributed by atoms with Crippen LogP contribution in [0.4, 0.5) is 4.79 Å². The Labute approximate surface area is 119 Å². The van der Waals surface area contributed by atoms with Gasteiger partial charge < -0.3 is 20.1 Å². The second-order valence-corrected chi connectivity index (χ2v) is 5.07. The van der Waals surface area contributed by atoms with Crippen LogP contribution < -0.4 is 5.32 Å². The number of hydrogen-bond acceptors (Lipinski definition) is 4. The standard InChI is InChI=1S/C13H24N2O5/c1-5-7-15(8-10(16)20-6-2)12(19)14-9-13(3,4)11(17)18/h5-9H2,1-4H3,(H,14,19)(H,17,18). The first-order chi connectivity index (χ1) is 9.24. The molecule has 7 nitrogen and oxygen atoms in total. The van der Waals surface area contributed by atoms with Gasteiger partial charge in [0.05, 0.1) is 12.0 Å². The zero-order valence-electron chi connectivity index (χ0n) is 12.6. The van der Waals surface area contributed by atoms with Gasteiger partial charge in [-0.25, -0.2) is 4.79 Å². The number of ether oxygens (including phenoxy) is 1. The van der Waals surface area contributed by atoms with Crippen LogP contribution in [0.1, 0.15) is 34.1 Å². The van der Waals surface area contributed by atoms with Crippen LogP contribution in [0.25, 0.3) is 0 Å². The molecule has 0 saturated carbocycles. The molecule has 116 valence electrons. The second kappa shape index (κ2) is 8.39. The predicted molar refractivity (Wildman–Crippen MR) is 73.3 cm³/mol. The van der Waals surface area contributed by atoms with Gasteiger partial charge in [-0.15, -0.1) is 0 Å². The van der Waals surface area contributed by atoms with Crippen molar-refractivity contribution in [2.75, 3.05) is 26.2 Å². The van der Waals surface area contributed by atoms with Gasteiger partial charge in [0.2, 0.25) is 0 Å². The van der Waals surface area contributed by atoms with Crippen molar-refractivity contribution in [3.05, 3.63) is 0 Å². The predicted octanol–water partition coefficient (Wildman–Crippen LogP) is 1.08. The molecular formula is C13H24N2O5. The molecule has 0 aliphatic carbocycles. The third kappa shape index (κ3) is 6.40. The number of carboxylic acid groups (broad SMARTS) is 1. The van der Waals surface area contributed by atoms with E-state index in [0.717, 1.165) is 0 Å². The molecule has 2 N–H and O–H groups in total. The summed E-state index contributed by atoms with van der Waals surface area (Å²) in [7, 11) is 0. The topological polar surface area (TPSA) is 95.9 Å². The van der Waals surface area contributed by atoms with Gasteiger partial charge in [-0.2, -0.15) is 0 Å². The first kappa shape index (κ1) is 18.2. The molecule has 0 aromatic rings. The molecular weight excluding hydrogens is 264 g/mol. The van der Waals surface area contributed by atoms with Crippen molar-refractivity contribution in [2.24, 2.45) is 5.41 Å². The average molecular weight is 288 g/mol. The molecule has 2 amide bonds. The Morgan fingerprint density at radius 1 is 1.25 bits per heavy atom. The normalized spacial score (nSPS) is 10.8. The SMILES string of the molecule is CCCN(CC(=O)OCC)C(=O)NCC(C)(C)C(=O)O. The molecule has 0 aromatic heterocycles. The first-order valence-corrected chi connectivity index (χ1v) is 6.66. The minimum atomic E-state index is -1.06. The van der Waals surface area contributed by atoms with E-state index in [9.17, 15) is 14.4 Å². The molecule has 0 unspecified atom stereocenters. The van der Waals surface area contributed by atoms with Crippen LogP contribution in [0.2, 0.25) is 0 Å². The molecule has 0 aliphatic heterocycles. The third-order valence-corrected chi connectivity index (χ3v) is 2.67. The minimum absolute atomic E-state index is 0.00972. The number of urea groups is 1. The number of carboxylic acids is 1. The van der Waals surface area contributed by atoms with Crippen LogP contribution in [-0.2, 0) is 14.3 Å². The van der Waals surface area contributed by atoms with E-state index in [4.69, 9.17) is 9.84 Å². The Morgan fingerprint density at radius 3 is 2.30 bits per heavy atom. The van der Waals surface area contributed by atoms with E-state index < -0.39 is 23.4 Å². The van der Waals surface area contributed by atoms with Crippen LogP contribution in [-0.4, -0.2) is 54.2 Å². The Hall–Kier alpha value is -1.79. The highest BCUT2D eigenvalue weighted by Crippen LogP contribution is 2.13. The second-order valence-electron chi connectivity index (χ2n) is 5.07. The quantitative estimate of drug-likeness (QED) is 0.652. The van der Waals surface area contributed by atoms with Gasteiger partial charge >= 0.3 is 18.0 Å². The summed E-state index contributed by atoms with van der Waals surface area (Å²) in [6.45, 7) is 7.12. The van der Waals surface area contributed by atoms with E-state index in [0.29, 0.717) is 13.0 Å². The van der Waals surface area contributed by atoms with E-state index >= 15 is 0 Å². The number of esters is 1. The average Bonchev–Trinajstić information content (AvgIpc) is 2.35. The Morgan fingerprint density at radius 2 is 1.85 bits per heavy atom. The van der Waals surface area contributed by atoms with E-state index in [1.165, 1.54) is 18.7 Å². The van der Waals surface area contributed by atoms with Gasteiger partial charge in [0.15, 0.2) is 0 Å². The fourth-order valence-electron chi connectivity index (χ4n) is 1.37. The number of carbonyl (C=O) groups is 3. The molecule has 0 fully saturated rings. The number of nitrogens with one attached hydrogen (secondary N) is 1. The van der Waals surface area contributed by atoms with Crippen molar-refractivity contribution in [1.29, 1.82) is 0 Å². The summed E-state index contributed by atoms with van der Waals surface area (Å²) in [5, 5.41) is 11.5. The van der Waals surface area contributed by atoms with Crippen molar-refractivity contribution in [1.82, 2.24) is 10.2 Å². The van der Waals surface area contributed by atoms with Crippen molar-refractivity contribution < 1.29 is 24.2 Å². The molecule has 7 heteroatoms. The Kier molecular flexibility index (Phi) is 7.64. The lowest BCUT2D eigenvalue weighted by Crippen LogP contribution is -2.47. The molecule has 0 heterocycles. The summed E-state index contributed by atoms with van der Waals surface area (Å²) in [6, 6.07) is -0.464. The number of rotatable bonds is 8. The fourth-order valence-corrected chi connectivity index (χ4v) is 1.37. The summed E-state index contributed by atoms with van der Waals surface area (Å²) in [6.07, 6.45) is 0.690. The summed E-state index contributed by atoms with van der Waals surface area (Å²) < 4.78 is 4.80. The summed E-state index contributed by atoms with van der Waals surface area (Å²) in [5.41, 5.74) is -1.06. The smallest absolute Gasteiger partial charge is 0.325 e. The molecule has 0 aliphatic rings. The summed E-state index contributed by atoms with van der Waals surface area (Å²) in [4.78, 5) is 35.6. The zero-order valence-corrected chi connectivity index (χ0v) is 12.6. The largest absolute Gasteiger partial charge is 0.481 e. The highest BCUT2D eigenvalue weighted by molar-refractivity contribution is 5.81. The fraction of sp³-hybridized carbons (Fsp3) is 0.769. The zero-order chi connectivity index (χ0) is 15.8. The Balaban J connectivity index is 4.50. The molecule has 0 atom stereocenters. The van der Waals surface area contributed by atoms with E-state index in [-0.39, 0.29) is 19.7 Å². The van der Waals surface area contributed by atoms with Crippen LogP contribution in [0.5, 0.6) is 0 Å². The summed E-state index contributed by atoms with van der Waals surface area (Å²) >= 11 is 0. The maximum Gasteiger partial charge on any atom is 0.325 e. The van der Waals surface area contributed by atoms with Gasteiger partial charge in [0, 0.05) is 13.1 Å². The molecule has 0 bridgehead atoms. The van der Waals surface area contributed by atoms with Crippen molar-refractivity contribution >= 4 is 18.0 Å². The maximum atomic E-state index is 12.0. The van der Waals surface area contributed by atoms with E-state index in [2.05, 4.69) is 5.32 Å². The van der Waals surface area contributed by atoms with Gasteiger partial charge in [0.25, 0.3) is 0 Å². The van der Waals surface area contributed by atoms with Crippen molar-refractivity contribution in [3.63, 3.8) is 0 Å². The number of nitrogens with zero attached hydrogens (tertiary/aromatic N) is 1. The number of hydrogen-bond donors (Lipinski definition) is 2. The van der Waals surface area contributed by atoms with E-state index in [1.807, 2.05) is 6.92 Å². The molecule has 0 radical (unpaired) electrons. The van der Waals surface area contributed by atoms with Gasteiger partial charge in [-0.3, -0.25) is 9.59 Å². The number of amides is 2. The lowest BCUT2D eigenvalue weighted by molar-refractivity contribution is -0.147.